The molecule has 2 heterocycles. The fourth-order valence-electron chi connectivity index (χ4n) is 1.32. The monoisotopic (exact) mass is 200 g/mol. The highest BCUT2D eigenvalue weighted by Crippen LogP contribution is 2.29. The Morgan fingerprint density at radius 2 is 2.07 bits per heavy atom. The van der Waals surface area contributed by atoms with Crippen LogP contribution in [0.3, 0.4) is 0 Å². The van der Waals surface area contributed by atoms with Gasteiger partial charge in [-0.05, 0) is 6.07 Å². The minimum atomic E-state index is -4.33. The van der Waals surface area contributed by atoms with E-state index >= 15 is 0 Å². The van der Waals surface area contributed by atoms with E-state index in [1.54, 1.807) is 0 Å². The second kappa shape index (κ2) is 3.08. The normalized spacial score (nSPS) is 15.4. The molecule has 0 atom stereocenters. The van der Waals surface area contributed by atoms with Crippen LogP contribution in [-0.4, -0.2) is 17.7 Å². The van der Waals surface area contributed by atoms with Crippen LogP contribution in [0.1, 0.15) is 16.8 Å². The highest BCUT2D eigenvalue weighted by atomic mass is 19.4. The lowest BCUT2D eigenvalue weighted by atomic mass is 10.1. The molecule has 5 heteroatoms. The van der Waals surface area contributed by atoms with Crippen molar-refractivity contribution in [1.82, 2.24) is 4.98 Å². The lowest BCUT2D eigenvalue weighted by Gasteiger charge is -2.11. The number of halogens is 3. The first-order chi connectivity index (χ1) is 6.57. The van der Waals surface area contributed by atoms with E-state index in [1.807, 2.05) is 0 Å². The van der Waals surface area contributed by atoms with E-state index in [-0.39, 0.29) is 0 Å². The predicted octanol–water partition coefficient (Wildman–Crippen LogP) is 2.08. The lowest BCUT2D eigenvalue weighted by Crippen LogP contribution is -2.11. The van der Waals surface area contributed by atoms with Crippen LogP contribution >= 0.6 is 0 Å². The molecule has 0 unspecified atom stereocenters. The second-order valence-corrected chi connectivity index (χ2v) is 3.04. The number of alkyl halides is 3. The van der Waals surface area contributed by atoms with Crippen LogP contribution in [0.2, 0.25) is 0 Å². The Balaban J connectivity index is 2.45. The van der Waals surface area contributed by atoms with Gasteiger partial charge in [0.15, 0.2) is 0 Å². The van der Waals surface area contributed by atoms with Gasteiger partial charge in [-0.15, -0.1) is 0 Å². The van der Waals surface area contributed by atoms with Crippen molar-refractivity contribution < 1.29 is 13.2 Å². The first-order valence-corrected chi connectivity index (χ1v) is 4.13. The quantitative estimate of drug-likeness (QED) is 0.629. The van der Waals surface area contributed by atoms with Gasteiger partial charge in [-0.25, -0.2) is 0 Å². The lowest BCUT2D eigenvalue weighted by molar-refractivity contribution is -0.137. The van der Waals surface area contributed by atoms with Gasteiger partial charge >= 0.3 is 6.18 Å². The number of rotatable bonds is 0. The number of hydrogen-bond acceptors (Lipinski definition) is 2. The van der Waals surface area contributed by atoms with Crippen LogP contribution in [0.25, 0.3) is 0 Å². The first kappa shape index (κ1) is 9.18. The topological polar surface area (TPSA) is 25.2 Å². The molecule has 0 saturated heterocycles. The molecule has 1 aliphatic heterocycles. The molecule has 0 N–H and O–H groups in total. The van der Waals surface area contributed by atoms with E-state index < -0.39 is 11.7 Å². The zero-order valence-electron chi connectivity index (χ0n) is 7.17. The zero-order valence-corrected chi connectivity index (χ0v) is 7.17. The van der Waals surface area contributed by atoms with E-state index in [0.29, 0.717) is 24.2 Å². The molecule has 0 aromatic carbocycles. The van der Waals surface area contributed by atoms with Gasteiger partial charge in [0.25, 0.3) is 0 Å². The number of aromatic nitrogens is 1. The van der Waals surface area contributed by atoms with Gasteiger partial charge in [-0.1, -0.05) is 0 Å². The summed E-state index contributed by atoms with van der Waals surface area (Å²) in [6.45, 7) is 0.603. The summed E-state index contributed by atoms with van der Waals surface area (Å²) < 4.78 is 36.8. The van der Waals surface area contributed by atoms with Crippen molar-refractivity contribution in [2.45, 2.75) is 12.6 Å². The molecule has 0 saturated carbocycles. The van der Waals surface area contributed by atoms with E-state index in [9.17, 15) is 13.2 Å². The van der Waals surface area contributed by atoms with Crippen molar-refractivity contribution in [1.29, 1.82) is 0 Å². The third kappa shape index (κ3) is 1.62. The minimum Gasteiger partial charge on any atom is -0.292 e. The highest BCUT2D eigenvalue weighted by Gasteiger charge is 2.31. The predicted molar refractivity (Wildman–Crippen MR) is 45.4 cm³/mol. The van der Waals surface area contributed by atoms with Crippen molar-refractivity contribution in [3.8, 4) is 0 Å². The number of aliphatic imine (C=N–C) groups is 1. The summed E-state index contributed by atoms with van der Waals surface area (Å²) in [5, 5.41) is 0. The summed E-state index contributed by atoms with van der Waals surface area (Å²) in [6.07, 6.45) is -1.39. The summed E-state index contributed by atoms with van der Waals surface area (Å²) in [6, 6.07) is 1.09. The molecule has 2 rings (SSSR count). The summed E-state index contributed by atoms with van der Waals surface area (Å²) >= 11 is 0. The highest BCUT2D eigenvalue weighted by molar-refractivity contribution is 5.82. The fraction of sp³-hybridized carbons (Fsp3) is 0.333. The Labute approximate surface area is 78.5 Å². The van der Waals surface area contributed by atoms with Crippen LogP contribution in [0.5, 0.6) is 0 Å². The molecule has 2 nitrogen and oxygen atoms in total. The summed E-state index contributed by atoms with van der Waals surface area (Å²) in [5.41, 5.74) is 0.448. The van der Waals surface area contributed by atoms with E-state index in [1.165, 1.54) is 6.21 Å². The fourth-order valence-corrected chi connectivity index (χ4v) is 1.32. The van der Waals surface area contributed by atoms with Gasteiger partial charge in [0.1, 0.15) is 0 Å². The molecule has 0 fully saturated rings. The van der Waals surface area contributed by atoms with Crippen LogP contribution in [0.15, 0.2) is 17.3 Å². The number of hydrogen-bond donors (Lipinski definition) is 0. The Bertz CT molecular complexity index is 382. The third-order valence-corrected chi connectivity index (χ3v) is 2.04. The Kier molecular flexibility index (Phi) is 2.02. The molecule has 14 heavy (non-hydrogen) atoms. The molecule has 0 amide bonds. The minimum absolute atomic E-state index is 0.478. The number of fused-ring (bicyclic) bond motifs is 1. The number of pyridine rings is 1. The van der Waals surface area contributed by atoms with Crippen molar-refractivity contribution in [3.63, 3.8) is 0 Å². The summed E-state index contributed by atoms with van der Waals surface area (Å²) in [7, 11) is 0. The molecule has 1 aliphatic rings. The zero-order chi connectivity index (χ0) is 10.2. The first-order valence-electron chi connectivity index (χ1n) is 4.13. The molecule has 0 aliphatic carbocycles. The van der Waals surface area contributed by atoms with Crippen LogP contribution in [-0.2, 0) is 12.6 Å². The van der Waals surface area contributed by atoms with Crippen molar-refractivity contribution in [3.05, 3.63) is 29.1 Å². The molecule has 1 aromatic rings. The van der Waals surface area contributed by atoms with Gasteiger partial charge in [0.2, 0.25) is 0 Å². The second-order valence-electron chi connectivity index (χ2n) is 3.04. The van der Waals surface area contributed by atoms with Gasteiger partial charge in [-0.3, -0.25) is 9.98 Å². The van der Waals surface area contributed by atoms with Crippen LogP contribution < -0.4 is 0 Å². The van der Waals surface area contributed by atoms with E-state index in [2.05, 4.69) is 9.98 Å². The van der Waals surface area contributed by atoms with Crippen molar-refractivity contribution in [2.75, 3.05) is 6.54 Å². The standard InChI is InChI=1S/C9H7F3N2/c10-9(11,12)7-3-6-4-13-2-1-8(6)14-5-7/h3-5H,1-2H2. The molecule has 1 aromatic heterocycles. The van der Waals surface area contributed by atoms with Gasteiger partial charge in [-0.2, -0.15) is 13.2 Å². The largest absolute Gasteiger partial charge is 0.417 e. The maximum absolute atomic E-state index is 12.3. The molecular formula is C9H7F3N2. The SMILES string of the molecule is FC(F)(F)c1cnc2c(c1)C=NCC2. The number of nitrogens with zero attached hydrogens (tertiary/aromatic N) is 2. The van der Waals surface area contributed by atoms with Gasteiger partial charge < -0.3 is 0 Å². The maximum atomic E-state index is 12.3. The van der Waals surface area contributed by atoms with Crippen molar-refractivity contribution >= 4 is 6.21 Å². The Morgan fingerprint density at radius 3 is 2.79 bits per heavy atom. The van der Waals surface area contributed by atoms with Crippen molar-refractivity contribution in [2.24, 2.45) is 4.99 Å². The Morgan fingerprint density at radius 1 is 1.29 bits per heavy atom. The Hall–Kier alpha value is -1.39. The summed E-state index contributed by atoms with van der Waals surface area (Å²) in [5.74, 6) is 0. The van der Waals surface area contributed by atoms with Crippen LogP contribution in [0.4, 0.5) is 13.2 Å². The average molecular weight is 200 g/mol. The molecular weight excluding hydrogens is 193 g/mol. The smallest absolute Gasteiger partial charge is 0.292 e. The average Bonchev–Trinajstić information content (AvgIpc) is 2.16. The van der Waals surface area contributed by atoms with Crippen LogP contribution in [0, 0.1) is 0 Å². The van der Waals surface area contributed by atoms with E-state index in [4.69, 9.17) is 0 Å². The third-order valence-electron chi connectivity index (χ3n) is 2.04. The molecule has 0 spiro atoms. The molecule has 0 radical (unpaired) electrons. The van der Waals surface area contributed by atoms with Gasteiger partial charge in [0, 0.05) is 30.9 Å². The molecule has 0 bridgehead atoms. The van der Waals surface area contributed by atoms with E-state index in [0.717, 1.165) is 12.3 Å². The summed E-state index contributed by atoms with van der Waals surface area (Å²) in [4.78, 5) is 7.68. The van der Waals surface area contributed by atoms with Gasteiger partial charge in [0.05, 0.1) is 11.3 Å². The maximum Gasteiger partial charge on any atom is 0.417 e. The molecule has 74 valence electrons.